The summed E-state index contributed by atoms with van der Waals surface area (Å²) in [4.78, 5) is 21.4. The van der Waals surface area contributed by atoms with Crippen molar-refractivity contribution in [1.29, 1.82) is 0 Å². The minimum Gasteiger partial charge on any atom is -0.395 e. The fourth-order valence-corrected chi connectivity index (χ4v) is 2.36. The van der Waals surface area contributed by atoms with Crippen LogP contribution in [0.15, 0.2) is 30.5 Å². The van der Waals surface area contributed by atoms with Crippen LogP contribution in [-0.4, -0.2) is 41.3 Å². The van der Waals surface area contributed by atoms with E-state index in [2.05, 4.69) is 15.0 Å². The number of rotatable bonds is 5. The highest BCUT2D eigenvalue weighted by Crippen LogP contribution is 2.25. The zero-order chi connectivity index (χ0) is 16.6. The average Bonchev–Trinajstić information content (AvgIpc) is 3.13. The second-order valence-electron chi connectivity index (χ2n) is 5.22. The summed E-state index contributed by atoms with van der Waals surface area (Å²) in [5.74, 6) is 0.720. The summed E-state index contributed by atoms with van der Waals surface area (Å²) in [6, 6.07) is 7.38. The zero-order valence-corrected chi connectivity index (χ0v) is 12.3. The SMILES string of the molecule is CC(O)(c1cnc(-c2nc3ccccc3n2CCO)[nH]1)[N+](=O)[O-]. The topological polar surface area (TPSA) is 130 Å². The molecule has 1 aromatic carbocycles. The molecule has 1 unspecified atom stereocenters. The van der Waals surface area contributed by atoms with Crippen molar-refractivity contribution < 1.29 is 15.1 Å². The molecular weight excluding hydrogens is 302 g/mol. The Morgan fingerprint density at radius 2 is 2.17 bits per heavy atom. The van der Waals surface area contributed by atoms with E-state index in [9.17, 15) is 20.3 Å². The molecule has 23 heavy (non-hydrogen) atoms. The first-order valence-corrected chi connectivity index (χ1v) is 6.94. The molecule has 0 bridgehead atoms. The molecule has 3 N–H and O–H groups in total. The largest absolute Gasteiger partial charge is 0.395 e. The lowest BCUT2D eigenvalue weighted by Gasteiger charge is -2.11. The van der Waals surface area contributed by atoms with Crippen molar-refractivity contribution in [3.63, 3.8) is 0 Å². The summed E-state index contributed by atoms with van der Waals surface area (Å²) in [6.45, 7) is 1.28. The maximum atomic E-state index is 10.9. The quantitative estimate of drug-likeness (QED) is 0.363. The van der Waals surface area contributed by atoms with Gasteiger partial charge in [-0.15, -0.1) is 0 Å². The molecule has 2 aromatic heterocycles. The molecule has 0 radical (unpaired) electrons. The number of hydrogen-bond donors (Lipinski definition) is 3. The van der Waals surface area contributed by atoms with Gasteiger partial charge in [-0.05, 0) is 12.1 Å². The molecule has 0 aliphatic heterocycles. The summed E-state index contributed by atoms with van der Waals surface area (Å²) in [7, 11) is 0. The summed E-state index contributed by atoms with van der Waals surface area (Å²) >= 11 is 0. The number of H-pyrrole nitrogens is 1. The van der Waals surface area contributed by atoms with E-state index in [1.807, 2.05) is 24.3 Å². The van der Waals surface area contributed by atoms with E-state index in [-0.39, 0.29) is 18.1 Å². The first-order valence-electron chi connectivity index (χ1n) is 6.94. The van der Waals surface area contributed by atoms with E-state index in [4.69, 9.17) is 0 Å². The van der Waals surface area contributed by atoms with Crippen LogP contribution in [0, 0.1) is 10.1 Å². The zero-order valence-electron chi connectivity index (χ0n) is 12.3. The molecule has 0 spiro atoms. The van der Waals surface area contributed by atoms with Gasteiger partial charge in [0.25, 0.3) is 0 Å². The normalized spacial score (nSPS) is 14.0. The molecule has 0 amide bonds. The molecule has 1 atom stereocenters. The van der Waals surface area contributed by atoms with Gasteiger partial charge in [-0.3, -0.25) is 10.1 Å². The van der Waals surface area contributed by atoms with Crippen molar-refractivity contribution in [2.24, 2.45) is 0 Å². The highest BCUT2D eigenvalue weighted by molar-refractivity contribution is 5.79. The number of aromatic amines is 1. The van der Waals surface area contributed by atoms with Gasteiger partial charge in [0.2, 0.25) is 0 Å². The highest BCUT2D eigenvalue weighted by Gasteiger charge is 2.39. The lowest BCUT2D eigenvalue weighted by atomic mass is 10.2. The number of nitrogens with one attached hydrogen (secondary N) is 1. The molecule has 3 rings (SSSR count). The number of aliphatic hydroxyl groups excluding tert-OH is 1. The first-order chi connectivity index (χ1) is 10.9. The number of hydrogen-bond acceptors (Lipinski definition) is 6. The number of nitro groups is 1. The van der Waals surface area contributed by atoms with Crippen LogP contribution in [0.25, 0.3) is 22.7 Å². The minimum atomic E-state index is -2.26. The molecule has 0 saturated heterocycles. The third kappa shape index (κ3) is 2.45. The molecule has 3 aromatic rings. The van der Waals surface area contributed by atoms with Crippen molar-refractivity contribution in [1.82, 2.24) is 19.5 Å². The van der Waals surface area contributed by atoms with Gasteiger partial charge < -0.3 is 19.8 Å². The van der Waals surface area contributed by atoms with Crippen molar-refractivity contribution in [3.8, 4) is 11.6 Å². The number of imidazole rings is 2. The third-order valence-corrected chi connectivity index (χ3v) is 3.63. The standard InChI is InChI=1S/C14H15N5O4/c1-14(21,19(22)23)11-8-15-12(17-11)13-16-9-4-2-3-5-10(9)18(13)6-7-20/h2-5,8,20-21H,6-7H2,1H3,(H,15,17). The van der Waals surface area contributed by atoms with Crippen LogP contribution in [0.3, 0.4) is 0 Å². The van der Waals surface area contributed by atoms with Crippen molar-refractivity contribution in [2.45, 2.75) is 19.2 Å². The maximum absolute atomic E-state index is 10.9. The molecular formula is C14H15N5O4. The molecule has 120 valence electrons. The predicted octanol–water partition coefficient (Wildman–Crippen LogP) is 0.860. The van der Waals surface area contributed by atoms with Crippen LogP contribution in [0.4, 0.5) is 0 Å². The van der Waals surface area contributed by atoms with Gasteiger partial charge in [0.05, 0.1) is 28.8 Å². The van der Waals surface area contributed by atoms with Crippen molar-refractivity contribution in [3.05, 3.63) is 46.3 Å². The molecule has 0 aliphatic rings. The van der Waals surface area contributed by atoms with Crippen LogP contribution < -0.4 is 0 Å². The summed E-state index contributed by atoms with van der Waals surface area (Å²) < 4.78 is 1.76. The van der Waals surface area contributed by atoms with E-state index in [0.29, 0.717) is 12.4 Å². The number of benzene rings is 1. The summed E-state index contributed by atoms with van der Waals surface area (Å²) in [5.41, 5.74) is -0.774. The Morgan fingerprint density at radius 1 is 1.43 bits per heavy atom. The van der Waals surface area contributed by atoms with Crippen LogP contribution in [0.5, 0.6) is 0 Å². The van der Waals surface area contributed by atoms with E-state index >= 15 is 0 Å². The van der Waals surface area contributed by atoms with Gasteiger partial charge >= 0.3 is 5.72 Å². The number of para-hydroxylation sites is 2. The van der Waals surface area contributed by atoms with Crippen LogP contribution in [-0.2, 0) is 12.3 Å². The molecule has 0 aliphatic carbocycles. The van der Waals surface area contributed by atoms with E-state index in [1.165, 1.54) is 6.20 Å². The number of fused-ring (bicyclic) bond motifs is 1. The van der Waals surface area contributed by atoms with Crippen molar-refractivity contribution in [2.75, 3.05) is 6.61 Å². The first kappa shape index (κ1) is 15.1. The maximum Gasteiger partial charge on any atom is 0.362 e. The Hall–Kier alpha value is -2.78. The fourth-order valence-electron chi connectivity index (χ4n) is 2.36. The number of nitrogens with zero attached hydrogens (tertiary/aromatic N) is 4. The smallest absolute Gasteiger partial charge is 0.362 e. The van der Waals surface area contributed by atoms with Gasteiger partial charge in [0.15, 0.2) is 11.6 Å². The second-order valence-corrected chi connectivity index (χ2v) is 5.22. The van der Waals surface area contributed by atoms with Crippen LogP contribution in [0.1, 0.15) is 12.6 Å². The number of aliphatic hydroxyl groups is 2. The lowest BCUT2D eigenvalue weighted by molar-refractivity contribution is -0.631. The molecule has 9 nitrogen and oxygen atoms in total. The molecule has 0 fully saturated rings. The highest BCUT2D eigenvalue weighted by atomic mass is 16.7. The Bertz CT molecular complexity index is 867. The van der Waals surface area contributed by atoms with Gasteiger partial charge in [-0.1, -0.05) is 12.1 Å². The average molecular weight is 317 g/mol. The number of aromatic nitrogens is 4. The van der Waals surface area contributed by atoms with Crippen molar-refractivity contribution >= 4 is 11.0 Å². The van der Waals surface area contributed by atoms with E-state index < -0.39 is 10.6 Å². The van der Waals surface area contributed by atoms with Gasteiger partial charge in [-0.25, -0.2) is 9.97 Å². The van der Waals surface area contributed by atoms with Gasteiger partial charge in [0, 0.05) is 13.5 Å². The van der Waals surface area contributed by atoms with E-state index in [1.54, 1.807) is 4.57 Å². The Kier molecular flexibility index (Phi) is 3.58. The predicted molar refractivity (Wildman–Crippen MR) is 81.0 cm³/mol. The second kappa shape index (κ2) is 5.45. The molecule has 2 heterocycles. The minimum absolute atomic E-state index is 0.0416. The Labute approximate surface area is 130 Å². The third-order valence-electron chi connectivity index (χ3n) is 3.63. The fraction of sp³-hybridized carbons (Fsp3) is 0.286. The van der Waals surface area contributed by atoms with Crippen LogP contribution >= 0.6 is 0 Å². The summed E-state index contributed by atoms with van der Waals surface area (Å²) in [5, 5.41) is 30.1. The Balaban J connectivity index is 2.12. The molecule has 9 heteroatoms. The van der Waals surface area contributed by atoms with E-state index in [0.717, 1.165) is 18.0 Å². The van der Waals surface area contributed by atoms with Crippen LogP contribution in [0.2, 0.25) is 0 Å². The Morgan fingerprint density at radius 3 is 2.87 bits per heavy atom. The molecule has 0 saturated carbocycles. The van der Waals surface area contributed by atoms with Gasteiger partial charge in [-0.2, -0.15) is 0 Å². The lowest BCUT2D eigenvalue weighted by Crippen LogP contribution is -2.31. The monoisotopic (exact) mass is 317 g/mol. The van der Waals surface area contributed by atoms with Gasteiger partial charge in [0.1, 0.15) is 5.69 Å². The summed E-state index contributed by atoms with van der Waals surface area (Å²) in [6.07, 6.45) is 1.21.